The van der Waals surface area contributed by atoms with Crippen LogP contribution in [0.5, 0.6) is 0 Å². The van der Waals surface area contributed by atoms with Crippen LogP contribution < -0.4 is 4.90 Å². The molecule has 4 aromatic rings. The summed E-state index contributed by atoms with van der Waals surface area (Å²) in [5.74, 6) is 0.430. The normalized spacial score (nSPS) is 18.3. The van der Waals surface area contributed by atoms with Crippen LogP contribution in [0.3, 0.4) is 0 Å². The number of aromatic nitrogens is 3. The Morgan fingerprint density at radius 3 is 2.29 bits per heavy atom. The van der Waals surface area contributed by atoms with Gasteiger partial charge in [0, 0.05) is 30.9 Å². The average molecular weight is 576 g/mol. The van der Waals surface area contributed by atoms with Crippen molar-refractivity contribution in [2.45, 2.75) is 64.1 Å². The van der Waals surface area contributed by atoms with Crippen molar-refractivity contribution in [2.75, 3.05) is 18.0 Å². The lowest BCUT2D eigenvalue weighted by Crippen LogP contribution is -2.63. The maximum atomic E-state index is 13.9. The summed E-state index contributed by atoms with van der Waals surface area (Å²) in [5, 5.41) is 11.1. The zero-order valence-electron chi connectivity index (χ0n) is 24.3. The van der Waals surface area contributed by atoms with Crippen molar-refractivity contribution in [1.29, 1.82) is 0 Å². The minimum Gasteiger partial charge on any atom is -0.381 e. The summed E-state index contributed by atoms with van der Waals surface area (Å²) >= 11 is 0. The minimum absolute atomic E-state index is 0.128. The topological polar surface area (TPSA) is 109 Å². The molecule has 0 saturated carbocycles. The third-order valence-corrected chi connectivity index (χ3v) is 9.46. The fourth-order valence-corrected chi connectivity index (χ4v) is 6.84. The second-order valence-electron chi connectivity index (χ2n) is 11.7. The quantitative estimate of drug-likeness (QED) is 0.361. The molecule has 1 aliphatic heterocycles. The number of nitrogens with zero attached hydrogens (tertiary/aromatic N) is 5. The van der Waals surface area contributed by atoms with Crippen molar-refractivity contribution >= 4 is 32.8 Å². The van der Waals surface area contributed by atoms with Crippen LogP contribution in [0, 0.1) is 12.8 Å². The van der Waals surface area contributed by atoms with Gasteiger partial charge in [0.1, 0.15) is 17.7 Å². The van der Waals surface area contributed by atoms with Gasteiger partial charge in [0.15, 0.2) is 5.65 Å². The number of anilines is 1. The molecule has 0 spiro atoms. The fourth-order valence-electron chi connectivity index (χ4n) is 5.53. The number of hydrogen-bond acceptors (Lipinski definition) is 7. The molecule has 0 bridgehead atoms. The highest BCUT2D eigenvalue weighted by Gasteiger charge is 2.41. The Kier molecular flexibility index (Phi) is 7.42. The van der Waals surface area contributed by atoms with Crippen molar-refractivity contribution in [3.63, 3.8) is 0 Å². The van der Waals surface area contributed by atoms with Crippen molar-refractivity contribution in [3.05, 3.63) is 72.7 Å². The second-order valence-corrected chi connectivity index (χ2v) is 13.6. The van der Waals surface area contributed by atoms with Crippen LogP contribution in [0.15, 0.2) is 72.0 Å². The molecule has 0 radical (unpaired) electrons. The van der Waals surface area contributed by atoms with E-state index in [1.54, 1.807) is 35.4 Å². The molecule has 1 saturated heterocycles. The number of rotatable bonds is 6. The molecule has 3 heterocycles. The SMILES string of the molecule is Cc1ccc(S(=O)(=O)n2cc(-c3ccccc3)c3c(N4C[C@@H](C)N(C(=O)C(C)(C)O)C[C@@H]4C(C)C)ncnc32)cc1. The third-order valence-electron chi connectivity index (χ3n) is 7.80. The fraction of sp³-hybridized carbons (Fsp3) is 0.387. The van der Waals surface area contributed by atoms with E-state index in [-0.39, 0.29) is 28.8 Å². The lowest BCUT2D eigenvalue weighted by atomic mass is 9.94. The largest absolute Gasteiger partial charge is 0.381 e. The smallest absolute Gasteiger partial charge is 0.269 e. The molecule has 0 aliphatic carbocycles. The lowest BCUT2D eigenvalue weighted by molar-refractivity contribution is -0.151. The average Bonchev–Trinajstić information content (AvgIpc) is 3.33. The molecular formula is C31H37N5O4S. The van der Waals surface area contributed by atoms with Gasteiger partial charge in [0.05, 0.1) is 16.3 Å². The first-order valence-electron chi connectivity index (χ1n) is 13.8. The van der Waals surface area contributed by atoms with E-state index in [2.05, 4.69) is 23.7 Å². The summed E-state index contributed by atoms with van der Waals surface area (Å²) < 4.78 is 29.2. The van der Waals surface area contributed by atoms with E-state index < -0.39 is 15.6 Å². The summed E-state index contributed by atoms with van der Waals surface area (Å²) in [4.78, 5) is 26.4. The third kappa shape index (κ3) is 5.22. The molecule has 2 aromatic heterocycles. The van der Waals surface area contributed by atoms with Crippen LogP contribution in [0.2, 0.25) is 0 Å². The molecule has 2 aromatic carbocycles. The molecule has 1 amide bonds. The molecule has 0 unspecified atom stereocenters. The summed E-state index contributed by atoms with van der Waals surface area (Å²) in [7, 11) is -3.97. The molecule has 2 atom stereocenters. The van der Waals surface area contributed by atoms with Gasteiger partial charge in [-0.15, -0.1) is 0 Å². The van der Waals surface area contributed by atoms with Crippen molar-refractivity contribution < 1.29 is 18.3 Å². The summed E-state index contributed by atoms with van der Waals surface area (Å²) in [6.07, 6.45) is 3.04. The van der Waals surface area contributed by atoms with E-state index in [9.17, 15) is 18.3 Å². The van der Waals surface area contributed by atoms with Gasteiger partial charge in [-0.2, -0.15) is 0 Å². The van der Waals surface area contributed by atoms with Crippen LogP contribution in [0.1, 0.15) is 40.2 Å². The Balaban J connectivity index is 1.71. The first-order valence-corrected chi connectivity index (χ1v) is 15.3. The van der Waals surface area contributed by atoms with Gasteiger partial charge in [-0.1, -0.05) is 61.9 Å². The van der Waals surface area contributed by atoms with Crippen molar-refractivity contribution in [2.24, 2.45) is 5.92 Å². The minimum atomic E-state index is -3.97. The Morgan fingerprint density at radius 2 is 1.68 bits per heavy atom. The maximum absolute atomic E-state index is 13.9. The summed E-state index contributed by atoms with van der Waals surface area (Å²) in [5.41, 5.74) is 1.32. The highest BCUT2D eigenvalue weighted by atomic mass is 32.2. The molecule has 41 heavy (non-hydrogen) atoms. The number of benzene rings is 2. The summed E-state index contributed by atoms with van der Waals surface area (Å²) in [6, 6.07) is 16.1. The molecule has 5 rings (SSSR count). The lowest BCUT2D eigenvalue weighted by Gasteiger charge is -2.48. The van der Waals surface area contributed by atoms with Gasteiger partial charge in [-0.3, -0.25) is 4.79 Å². The second kappa shape index (κ2) is 10.6. The van der Waals surface area contributed by atoms with E-state index in [1.807, 2.05) is 44.2 Å². The van der Waals surface area contributed by atoms with Crippen LogP contribution in [-0.4, -0.2) is 69.0 Å². The zero-order valence-corrected chi connectivity index (χ0v) is 25.1. The van der Waals surface area contributed by atoms with Crippen LogP contribution in [0.25, 0.3) is 22.2 Å². The monoisotopic (exact) mass is 575 g/mol. The Hall–Kier alpha value is -3.76. The number of fused-ring (bicyclic) bond motifs is 1. The molecule has 1 fully saturated rings. The van der Waals surface area contributed by atoms with Crippen molar-refractivity contribution in [1.82, 2.24) is 18.8 Å². The standard InChI is InChI=1S/C31H37N5O4S/c1-20(2)26-18-34(30(37)31(5,6)38)22(4)16-35(26)28-27-25(23-10-8-7-9-11-23)17-36(29(27)33-19-32-28)41(39,40)24-14-12-21(3)13-15-24/h7-15,17,19-20,22,26,38H,16,18H2,1-6H3/t22-,26-/m1/s1. The molecular weight excluding hydrogens is 538 g/mol. The number of piperazine rings is 1. The molecule has 10 heteroatoms. The Morgan fingerprint density at radius 1 is 1.02 bits per heavy atom. The number of carbonyl (C=O) groups excluding carboxylic acids is 1. The number of aryl methyl sites for hydroxylation is 1. The van der Waals surface area contributed by atoms with E-state index in [0.29, 0.717) is 35.5 Å². The number of hydrogen-bond donors (Lipinski definition) is 1. The van der Waals surface area contributed by atoms with Gasteiger partial charge in [-0.25, -0.2) is 22.4 Å². The van der Waals surface area contributed by atoms with Crippen LogP contribution in [-0.2, 0) is 14.8 Å². The number of amides is 1. The van der Waals surface area contributed by atoms with Gasteiger partial charge in [0.2, 0.25) is 0 Å². The van der Waals surface area contributed by atoms with Gasteiger partial charge >= 0.3 is 0 Å². The van der Waals surface area contributed by atoms with Gasteiger partial charge in [0.25, 0.3) is 15.9 Å². The molecule has 9 nitrogen and oxygen atoms in total. The molecule has 1 N–H and O–H groups in total. The van der Waals surface area contributed by atoms with E-state index in [4.69, 9.17) is 4.98 Å². The van der Waals surface area contributed by atoms with E-state index in [1.165, 1.54) is 24.1 Å². The first-order chi connectivity index (χ1) is 19.3. The highest BCUT2D eigenvalue weighted by Crippen LogP contribution is 2.39. The number of aliphatic hydroxyl groups is 1. The van der Waals surface area contributed by atoms with E-state index in [0.717, 1.165) is 11.1 Å². The van der Waals surface area contributed by atoms with Gasteiger partial charge in [-0.05, 0) is 51.3 Å². The summed E-state index contributed by atoms with van der Waals surface area (Å²) in [6.45, 7) is 11.9. The van der Waals surface area contributed by atoms with Crippen LogP contribution in [0.4, 0.5) is 5.82 Å². The predicted molar refractivity (Wildman–Crippen MR) is 160 cm³/mol. The van der Waals surface area contributed by atoms with E-state index >= 15 is 0 Å². The van der Waals surface area contributed by atoms with Crippen LogP contribution >= 0.6 is 0 Å². The highest BCUT2D eigenvalue weighted by molar-refractivity contribution is 7.90. The van der Waals surface area contributed by atoms with Gasteiger partial charge < -0.3 is 14.9 Å². The molecule has 216 valence electrons. The Bertz CT molecular complexity index is 1680. The predicted octanol–water partition coefficient (Wildman–Crippen LogP) is 4.48. The van der Waals surface area contributed by atoms with Crippen molar-refractivity contribution in [3.8, 4) is 11.1 Å². The first kappa shape index (κ1) is 28.8. The zero-order chi connectivity index (χ0) is 29.7. The number of carbonyl (C=O) groups is 1. The maximum Gasteiger partial charge on any atom is 0.269 e. The Labute approximate surface area is 241 Å². The molecule has 1 aliphatic rings.